The Balaban J connectivity index is 1.49. The summed E-state index contributed by atoms with van der Waals surface area (Å²) in [6.07, 6.45) is 1.94. The molecule has 6 nitrogen and oxygen atoms in total. The van der Waals surface area contributed by atoms with Crippen LogP contribution in [-0.4, -0.2) is 58.1 Å². The van der Waals surface area contributed by atoms with Gasteiger partial charge < -0.3 is 14.0 Å². The van der Waals surface area contributed by atoms with E-state index in [2.05, 4.69) is 51.9 Å². The fourth-order valence-electron chi connectivity index (χ4n) is 4.40. The topological polar surface area (TPSA) is 50.1 Å². The molecule has 7 heteroatoms. The number of carbonyl (C=O) groups is 1. The van der Waals surface area contributed by atoms with Gasteiger partial charge in [0, 0.05) is 49.5 Å². The van der Waals surface area contributed by atoms with Crippen molar-refractivity contribution in [2.45, 2.75) is 13.5 Å². The van der Waals surface area contributed by atoms with Gasteiger partial charge in [0.2, 0.25) is 0 Å². The molecule has 0 bridgehead atoms. The molecule has 0 aliphatic carbocycles. The Kier molecular flexibility index (Phi) is 6.52. The molecule has 0 atom stereocenters. The number of rotatable bonds is 5. The lowest BCUT2D eigenvalue weighted by atomic mass is 10.1. The molecule has 34 heavy (non-hydrogen) atoms. The number of nitrogens with zero attached hydrogens (tertiary/aromatic N) is 4. The van der Waals surface area contributed by atoms with E-state index in [0.717, 1.165) is 47.8 Å². The molecule has 1 aliphatic rings. The Bertz CT molecular complexity index is 1280. The molecule has 0 saturated carbocycles. The summed E-state index contributed by atoms with van der Waals surface area (Å²) in [7, 11) is 0. The van der Waals surface area contributed by atoms with Crippen molar-refractivity contribution in [1.29, 1.82) is 0 Å². The van der Waals surface area contributed by atoms with Crippen LogP contribution in [-0.2, 0) is 11.3 Å². The average molecular weight is 475 g/mol. The predicted octanol–water partition coefficient (Wildman–Crippen LogP) is 5.60. The quantitative estimate of drug-likeness (QED) is 0.378. The van der Waals surface area contributed by atoms with Crippen molar-refractivity contribution in [3.05, 3.63) is 83.6 Å². The van der Waals surface area contributed by atoms with Gasteiger partial charge in [-0.3, -0.25) is 4.90 Å². The first-order valence-corrected chi connectivity index (χ1v) is 12.0. The van der Waals surface area contributed by atoms with Gasteiger partial charge in [0.05, 0.1) is 18.0 Å². The van der Waals surface area contributed by atoms with Crippen LogP contribution < -0.4 is 0 Å². The third kappa shape index (κ3) is 4.65. The summed E-state index contributed by atoms with van der Waals surface area (Å²) in [6.45, 7) is 5.83. The number of amides is 1. The number of piperazine rings is 1. The average Bonchev–Trinajstić information content (AvgIpc) is 3.23. The lowest BCUT2D eigenvalue weighted by Crippen LogP contribution is -2.48. The van der Waals surface area contributed by atoms with Gasteiger partial charge in [0.1, 0.15) is 5.65 Å². The van der Waals surface area contributed by atoms with Gasteiger partial charge in [-0.05, 0) is 42.3 Å². The molecule has 0 N–H and O–H groups in total. The number of pyridine rings is 1. The third-order valence-electron chi connectivity index (χ3n) is 6.21. The highest BCUT2D eigenvalue weighted by Crippen LogP contribution is 2.29. The minimum Gasteiger partial charge on any atom is -0.450 e. The second-order valence-electron chi connectivity index (χ2n) is 8.39. The molecule has 0 unspecified atom stereocenters. The molecular formula is C27H27ClN4O2. The van der Waals surface area contributed by atoms with Crippen molar-refractivity contribution in [1.82, 2.24) is 19.2 Å². The van der Waals surface area contributed by atoms with E-state index in [-0.39, 0.29) is 6.09 Å². The van der Waals surface area contributed by atoms with E-state index in [0.29, 0.717) is 24.7 Å². The Labute approximate surface area is 204 Å². The summed E-state index contributed by atoms with van der Waals surface area (Å²) in [5.74, 6) is 0. The first kappa shape index (κ1) is 22.4. The van der Waals surface area contributed by atoms with Crippen LogP contribution in [0.15, 0.2) is 72.9 Å². The largest absolute Gasteiger partial charge is 0.450 e. The molecule has 1 saturated heterocycles. The summed E-state index contributed by atoms with van der Waals surface area (Å²) >= 11 is 6.15. The van der Waals surface area contributed by atoms with Gasteiger partial charge in [-0.15, -0.1) is 0 Å². The van der Waals surface area contributed by atoms with Crippen molar-refractivity contribution in [2.24, 2.45) is 0 Å². The molecule has 1 amide bonds. The number of benzene rings is 2. The molecule has 0 spiro atoms. The van der Waals surface area contributed by atoms with Crippen molar-refractivity contribution < 1.29 is 9.53 Å². The molecule has 2 aromatic carbocycles. The maximum absolute atomic E-state index is 12.1. The first-order chi connectivity index (χ1) is 16.6. The summed E-state index contributed by atoms with van der Waals surface area (Å²) in [5.41, 5.74) is 6.33. The third-order valence-corrected chi connectivity index (χ3v) is 6.47. The summed E-state index contributed by atoms with van der Waals surface area (Å²) in [5, 5.41) is 0.704. The van der Waals surface area contributed by atoms with Crippen LogP contribution >= 0.6 is 11.6 Å². The van der Waals surface area contributed by atoms with Crippen LogP contribution in [0.5, 0.6) is 0 Å². The van der Waals surface area contributed by atoms with Crippen LogP contribution in [0.3, 0.4) is 0 Å². The predicted molar refractivity (Wildman–Crippen MR) is 135 cm³/mol. The van der Waals surface area contributed by atoms with Crippen LogP contribution in [0.2, 0.25) is 5.02 Å². The number of fused-ring (bicyclic) bond motifs is 1. The van der Waals surface area contributed by atoms with Gasteiger partial charge in [-0.1, -0.05) is 54.1 Å². The van der Waals surface area contributed by atoms with Gasteiger partial charge in [-0.25, -0.2) is 9.78 Å². The Hall–Kier alpha value is -3.35. The zero-order chi connectivity index (χ0) is 23.5. The van der Waals surface area contributed by atoms with Crippen LogP contribution in [0.1, 0.15) is 12.6 Å². The van der Waals surface area contributed by atoms with Gasteiger partial charge in [0.25, 0.3) is 0 Å². The lowest BCUT2D eigenvalue weighted by Gasteiger charge is -2.34. The SMILES string of the molecule is CCOC(=O)N1CCN(Cc2c(-c3ccc(Cl)cc3)nc3ccc(-c4ccccc4)cn23)CC1. The fraction of sp³-hybridized carbons (Fsp3) is 0.259. The van der Waals surface area contributed by atoms with E-state index in [9.17, 15) is 4.79 Å². The molecule has 1 fully saturated rings. The Morgan fingerprint density at radius 2 is 1.62 bits per heavy atom. The summed E-state index contributed by atoms with van der Waals surface area (Å²) in [6, 6.07) is 22.4. The number of hydrogen-bond acceptors (Lipinski definition) is 4. The smallest absolute Gasteiger partial charge is 0.409 e. The standard InChI is InChI=1S/C27H27ClN4O2/c1-2-34-27(33)31-16-14-30(15-17-31)19-24-26(21-8-11-23(28)12-9-21)29-25-13-10-22(18-32(24)25)20-6-4-3-5-7-20/h3-13,18H,2,14-17,19H2,1H3. The molecule has 1 aliphatic heterocycles. The number of hydrogen-bond donors (Lipinski definition) is 0. The van der Waals surface area contributed by atoms with Gasteiger partial charge in [-0.2, -0.15) is 0 Å². The maximum Gasteiger partial charge on any atom is 0.409 e. The van der Waals surface area contributed by atoms with Crippen molar-refractivity contribution in [3.8, 4) is 22.4 Å². The fourth-order valence-corrected chi connectivity index (χ4v) is 4.53. The zero-order valence-electron chi connectivity index (χ0n) is 19.2. The Morgan fingerprint density at radius 1 is 0.912 bits per heavy atom. The molecule has 3 heterocycles. The second kappa shape index (κ2) is 9.87. The number of aromatic nitrogens is 2. The first-order valence-electron chi connectivity index (χ1n) is 11.6. The summed E-state index contributed by atoms with van der Waals surface area (Å²) < 4.78 is 7.36. The maximum atomic E-state index is 12.1. The monoisotopic (exact) mass is 474 g/mol. The highest BCUT2D eigenvalue weighted by Gasteiger charge is 2.24. The molecule has 2 aromatic heterocycles. The van der Waals surface area contributed by atoms with Crippen LogP contribution in [0, 0.1) is 0 Å². The number of imidazole rings is 1. The number of ether oxygens (including phenoxy) is 1. The van der Waals surface area contributed by atoms with Crippen molar-refractivity contribution in [3.63, 3.8) is 0 Å². The van der Waals surface area contributed by atoms with Gasteiger partial charge in [0.15, 0.2) is 0 Å². The lowest BCUT2D eigenvalue weighted by molar-refractivity contribution is 0.0775. The van der Waals surface area contributed by atoms with E-state index in [1.807, 2.05) is 37.3 Å². The van der Waals surface area contributed by atoms with E-state index in [4.69, 9.17) is 21.3 Å². The normalized spacial score (nSPS) is 14.5. The molecule has 174 valence electrons. The highest BCUT2D eigenvalue weighted by molar-refractivity contribution is 6.30. The second-order valence-corrected chi connectivity index (χ2v) is 8.82. The van der Waals surface area contributed by atoms with Crippen LogP contribution in [0.25, 0.3) is 28.0 Å². The Morgan fingerprint density at radius 3 is 2.32 bits per heavy atom. The minimum absolute atomic E-state index is 0.230. The van der Waals surface area contributed by atoms with E-state index >= 15 is 0 Å². The zero-order valence-corrected chi connectivity index (χ0v) is 19.9. The highest BCUT2D eigenvalue weighted by atomic mass is 35.5. The molecular weight excluding hydrogens is 448 g/mol. The molecule has 4 aromatic rings. The number of halogens is 1. The van der Waals surface area contributed by atoms with E-state index < -0.39 is 0 Å². The summed E-state index contributed by atoms with van der Waals surface area (Å²) in [4.78, 5) is 21.2. The number of carbonyl (C=O) groups excluding carboxylic acids is 1. The molecule has 0 radical (unpaired) electrons. The van der Waals surface area contributed by atoms with Crippen molar-refractivity contribution >= 4 is 23.3 Å². The van der Waals surface area contributed by atoms with E-state index in [1.54, 1.807) is 4.90 Å². The van der Waals surface area contributed by atoms with Crippen LogP contribution in [0.4, 0.5) is 4.79 Å². The van der Waals surface area contributed by atoms with Gasteiger partial charge >= 0.3 is 6.09 Å². The minimum atomic E-state index is -0.230. The van der Waals surface area contributed by atoms with E-state index in [1.165, 1.54) is 5.56 Å². The van der Waals surface area contributed by atoms with Crippen molar-refractivity contribution in [2.75, 3.05) is 32.8 Å². The molecule has 5 rings (SSSR count).